The molecule has 0 radical (unpaired) electrons. The number of sulfonamides is 1. The van der Waals surface area contributed by atoms with Crippen molar-refractivity contribution in [3.8, 4) is 0 Å². The predicted molar refractivity (Wildman–Crippen MR) is 139 cm³/mol. The molecule has 2 fully saturated rings. The number of nitrogens with one attached hydrogen (secondary N) is 3. The van der Waals surface area contributed by atoms with Gasteiger partial charge < -0.3 is 10.6 Å². The average Bonchev–Trinajstić information content (AvgIpc) is 3.66. The summed E-state index contributed by atoms with van der Waals surface area (Å²) in [6.07, 6.45) is 6.56. The van der Waals surface area contributed by atoms with Crippen LogP contribution in [0.5, 0.6) is 0 Å². The standard InChI is InChI=1S/C25H30BrN5O2S/c26-19-9-13-21(14-10-19)34(32,33)28-16-18-7-5-17(6-8-18)15-27-25-30-23-4-2-1-3-22(23)24(31-25)29-20-11-12-20/h1-4,9-10,13-14,17-18,20,28H,5-8,11-12,15-16H2,(H2,27,29,30,31). The van der Waals surface area contributed by atoms with Crippen molar-refractivity contribution in [2.75, 3.05) is 23.7 Å². The molecule has 0 atom stereocenters. The van der Waals surface area contributed by atoms with Crippen LogP contribution in [0.2, 0.25) is 0 Å². The van der Waals surface area contributed by atoms with Crippen LogP contribution in [-0.2, 0) is 10.0 Å². The number of nitrogens with zero attached hydrogens (tertiary/aromatic N) is 2. The molecule has 0 amide bonds. The molecular weight excluding hydrogens is 514 g/mol. The summed E-state index contributed by atoms with van der Waals surface area (Å²) in [6, 6.07) is 15.4. The molecule has 0 aliphatic heterocycles. The molecule has 2 aliphatic rings. The SMILES string of the molecule is O=S(=O)(NCC1CCC(CNc2nc(NC3CC3)c3ccccc3n2)CC1)c1ccc(Br)cc1. The van der Waals surface area contributed by atoms with Crippen molar-refractivity contribution in [2.24, 2.45) is 11.8 Å². The van der Waals surface area contributed by atoms with Crippen LogP contribution in [-0.4, -0.2) is 37.5 Å². The topological polar surface area (TPSA) is 96.0 Å². The Kier molecular flexibility index (Phi) is 7.04. The second-order valence-electron chi connectivity index (χ2n) is 9.41. The highest BCUT2D eigenvalue weighted by Gasteiger charge is 2.25. The Morgan fingerprint density at radius 1 is 0.853 bits per heavy atom. The van der Waals surface area contributed by atoms with Crippen molar-refractivity contribution >= 4 is 48.6 Å². The van der Waals surface area contributed by atoms with Gasteiger partial charge in [-0.25, -0.2) is 18.1 Å². The van der Waals surface area contributed by atoms with Crippen LogP contribution in [0.1, 0.15) is 38.5 Å². The zero-order valence-corrected chi connectivity index (χ0v) is 21.4. The van der Waals surface area contributed by atoms with Crippen LogP contribution in [0.15, 0.2) is 57.9 Å². The molecule has 0 bridgehead atoms. The van der Waals surface area contributed by atoms with Gasteiger partial charge in [0.25, 0.3) is 0 Å². The van der Waals surface area contributed by atoms with E-state index in [0.29, 0.717) is 35.3 Å². The number of halogens is 1. The van der Waals surface area contributed by atoms with Crippen LogP contribution < -0.4 is 15.4 Å². The molecule has 3 N–H and O–H groups in total. The van der Waals surface area contributed by atoms with E-state index in [1.165, 1.54) is 12.8 Å². The summed E-state index contributed by atoms with van der Waals surface area (Å²) >= 11 is 3.34. The fourth-order valence-corrected chi connectivity index (χ4v) is 5.87. The minimum Gasteiger partial charge on any atom is -0.367 e. The van der Waals surface area contributed by atoms with E-state index < -0.39 is 10.0 Å². The number of aromatic nitrogens is 2. The number of anilines is 2. The van der Waals surface area contributed by atoms with Gasteiger partial charge in [-0.15, -0.1) is 0 Å². The van der Waals surface area contributed by atoms with Crippen LogP contribution in [0.4, 0.5) is 11.8 Å². The lowest BCUT2D eigenvalue weighted by atomic mass is 9.82. The monoisotopic (exact) mass is 543 g/mol. The summed E-state index contributed by atoms with van der Waals surface area (Å²) in [4.78, 5) is 9.77. The molecule has 0 saturated heterocycles. The van der Waals surface area contributed by atoms with Gasteiger partial charge in [0.2, 0.25) is 16.0 Å². The van der Waals surface area contributed by atoms with E-state index in [4.69, 9.17) is 9.97 Å². The molecule has 7 nitrogen and oxygen atoms in total. The molecule has 1 heterocycles. The van der Waals surface area contributed by atoms with Crippen molar-refractivity contribution in [3.63, 3.8) is 0 Å². The minimum atomic E-state index is -3.47. The fourth-order valence-electron chi connectivity index (χ4n) is 4.49. The molecule has 0 spiro atoms. The van der Waals surface area contributed by atoms with Gasteiger partial charge in [-0.1, -0.05) is 28.1 Å². The highest BCUT2D eigenvalue weighted by molar-refractivity contribution is 9.10. The van der Waals surface area contributed by atoms with E-state index in [9.17, 15) is 8.42 Å². The molecule has 34 heavy (non-hydrogen) atoms. The lowest BCUT2D eigenvalue weighted by molar-refractivity contribution is 0.284. The third kappa shape index (κ3) is 5.87. The van der Waals surface area contributed by atoms with E-state index in [2.05, 4.69) is 37.4 Å². The Bertz CT molecular complexity index is 1240. The third-order valence-corrected chi connectivity index (χ3v) is 8.69. The Balaban J connectivity index is 1.12. The van der Waals surface area contributed by atoms with E-state index in [1.807, 2.05) is 18.2 Å². The average molecular weight is 545 g/mol. The molecule has 180 valence electrons. The first-order valence-corrected chi connectivity index (χ1v) is 14.3. The van der Waals surface area contributed by atoms with Gasteiger partial charge in [-0.2, -0.15) is 4.98 Å². The Labute approximate surface area is 209 Å². The molecule has 2 aromatic carbocycles. The summed E-state index contributed by atoms with van der Waals surface area (Å²) < 4.78 is 28.8. The van der Waals surface area contributed by atoms with Gasteiger partial charge in [0.15, 0.2) is 0 Å². The molecule has 9 heteroatoms. The second kappa shape index (κ2) is 10.2. The second-order valence-corrected chi connectivity index (χ2v) is 12.1. The summed E-state index contributed by atoms with van der Waals surface area (Å²) in [6.45, 7) is 1.32. The maximum absolute atomic E-state index is 12.5. The van der Waals surface area contributed by atoms with Crippen LogP contribution in [0.3, 0.4) is 0 Å². The molecule has 2 saturated carbocycles. The zero-order chi connectivity index (χ0) is 23.5. The van der Waals surface area contributed by atoms with Crippen molar-refractivity contribution in [2.45, 2.75) is 49.5 Å². The number of hydrogen-bond donors (Lipinski definition) is 3. The Morgan fingerprint density at radius 2 is 1.53 bits per heavy atom. The largest absolute Gasteiger partial charge is 0.367 e. The summed E-state index contributed by atoms with van der Waals surface area (Å²) in [5, 5.41) is 8.06. The van der Waals surface area contributed by atoms with Crippen molar-refractivity contribution in [1.29, 1.82) is 0 Å². The quantitative estimate of drug-likeness (QED) is 0.344. The van der Waals surface area contributed by atoms with Crippen LogP contribution >= 0.6 is 15.9 Å². The number of rotatable bonds is 9. The van der Waals surface area contributed by atoms with Crippen LogP contribution in [0.25, 0.3) is 10.9 Å². The smallest absolute Gasteiger partial charge is 0.240 e. The molecule has 5 rings (SSSR count). The lowest BCUT2D eigenvalue weighted by Gasteiger charge is -2.28. The van der Waals surface area contributed by atoms with E-state index in [1.54, 1.807) is 24.3 Å². The number of hydrogen-bond acceptors (Lipinski definition) is 6. The Morgan fingerprint density at radius 3 is 2.24 bits per heavy atom. The third-order valence-electron chi connectivity index (χ3n) is 6.72. The summed E-state index contributed by atoms with van der Waals surface area (Å²) in [5.74, 6) is 2.49. The number of benzene rings is 2. The maximum atomic E-state index is 12.5. The number of fused-ring (bicyclic) bond motifs is 1. The van der Waals surface area contributed by atoms with Crippen LogP contribution in [0, 0.1) is 11.8 Å². The summed E-state index contributed by atoms with van der Waals surface area (Å²) in [5.41, 5.74) is 0.949. The van der Waals surface area contributed by atoms with E-state index in [0.717, 1.165) is 53.4 Å². The van der Waals surface area contributed by atoms with E-state index >= 15 is 0 Å². The highest BCUT2D eigenvalue weighted by atomic mass is 79.9. The highest BCUT2D eigenvalue weighted by Crippen LogP contribution is 2.31. The summed E-state index contributed by atoms with van der Waals surface area (Å²) in [7, 11) is -3.47. The van der Waals surface area contributed by atoms with Gasteiger partial charge in [0.1, 0.15) is 5.82 Å². The van der Waals surface area contributed by atoms with Crippen molar-refractivity contribution in [1.82, 2.24) is 14.7 Å². The first-order chi connectivity index (χ1) is 16.5. The fraction of sp³-hybridized carbons (Fsp3) is 0.440. The lowest BCUT2D eigenvalue weighted by Crippen LogP contribution is -2.32. The first kappa shape index (κ1) is 23.5. The van der Waals surface area contributed by atoms with Gasteiger partial charge in [-0.3, -0.25) is 0 Å². The van der Waals surface area contributed by atoms with Crippen molar-refractivity contribution in [3.05, 3.63) is 53.0 Å². The predicted octanol–water partition coefficient (Wildman–Crippen LogP) is 5.16. The van der Waals surface area contributed by atoms with Gasteiger partial charge in [0.05, 0.1) is 10.4 Å². The minimum absolute atomic E-state index is 0.305. The molecular formula is C25H30BrN5O2S. The van der Waals surface area contributed by atoms with Crippen molar-refractivity contribution < 1.29 is 8.42 Å². The first-order valence-electron chi connectivity index (χ1n) is 12.0. The normalized spacial score (nSPS) is 20.9. The van der Waals surface area contributed by atoms with E-state index in [-0.39, 0.29) is 0 Å². The zero-order valence-electron chi connectivity index (χ0n) is 19.0. The Hall–Kier alpha value is -2.23. The number of para-hydroxylation sites is 1. The molecule has 1 aromatic heterocycles. The molecule has 0 unspecified atom stereocenters. The van der Waals surface area contributed by atoms with Gasteiger partial charge in [0, 0.05) is 29.0 Å². The molecule has 3 aromatic rings. The maximum Gasteiger partial charge on any atom is 0.240 e. The van der Waals surface area contributed by atoms with Gasteiger partial charge in [-0.05, 0) is 86.8 Å². The van der Waals surface area contributed by atoms with Gasteiger partial charge >= 0.3 is 0 Å². The molecule has 2 aliphatic carbocycles.